The number of hydrogen-bond acceptors (Lipinski definition) is 4. The maximum absolute atomic E-state index is 12.3. The molecule has 2 bridgehead atoms. The molecule has 4 aliphatic carbocycles. The summed E-state index contributed by atoms with van der Waals surface area (Å²) in [6, 6.07) is 18.0. The van der Waals surface area contributed by atoms with Crippen LogP contribution < -0.4 is 21.5 Å². The minimum Gasteiger partial charge on any atom is -0.307 e. The van der Waals surface area contributed by atoms with Crippen molar-refractivity contribution in [1.82, 2.24) is 10.9 Å². The molecule has 8 nitrogen and oxygen atoms in total. The number of nitrogens with zero attached hydrogens (tertiary/aromatic N) is 2. The van der Waals surface area contributed by atoms with Gasteiger partial charge in [-0.05, 0) is 67.2 Å². The topological polar surface area (TPSA) is 107 Å². The number of hydrazone groups is 2. The molecule has 33 heavy (non-hydrogen) atoms. The number of hydrogen-bond donors (Lipinski definition) is 4. The Labute approximate surface area is 191 Å². The number of amides is 4. The highest BCUT2D eigenvalue weighted by Crippen LogP contribution is 2.68. The second kappa shape index (κ2) is 8.03. The molecular formula is C25H26N6O2. The average molecular weight is 443 g/mol. The highest BCUT2D eigenvalue weighted by Gasteiger charge is 2.67. The first kappa shape index (κ1) is 20.0. The van der Waals surface area contributed by atoms with Crippen LogP contribution >= 0.6 is 0 Å². The van der Waals surface area contributed by atoms with Crippen molar-refractivity contribution in [2.75, 3.05) is 10.6 Å². The van der Waals surface area contributed by atoms with E-state index in [0.717, 1.165) is 35.6 Å². The summed E-state index contributed by atoms with van der Waals surface area (Å²) in [4.78, 5) is 24.6. The molecule has 0 aliphatic heterocycles. The number of carbonyl (C=O) groups excluding carboxylic acids is 2. The van der Waals surface area contributed by atoms with Gasteiger partial charge in [-0.2, -0.15) is 10.2 Å². The Morgan fingerprint density at radius 1 is 0.636 bits per heavy atom. The third-order valence-electron chi connectivity index (χ3n) is 7.83. The van der Waals surface area contributed by atoms with Crippen LogP contribution in [0.2, 0.25) is 0 Å². The Balaban J connectivity index is 1.13. The van der Waals surface area contributed by atoms with E-state index < -0.39 is 0 Å². The first-order chi connectivity index (χ1) is 16.2. The van der Waals surface area contributed by atoms with Crippen molar-refractivity contribution >= 4 is 34.9 Å². The van der Waals surface area contributed by atoms with E-state index in [2.05, 4.69) is 31.7 Å². The lowest BCUT2D eigenvalue weighted by molar-refractivity contribution is 0.241. The highest BCUT2D eigenvalue weighted by atomic mass is 16.2. The first-order valence-electron chi connectivity index (χ1n) is 11.5. The molecule has 6 unspecified atom stereocenters. The van der Waals surface area contributed by atoms with Crippen LogP contribution in [0.5, 0.6) is 0 Å². The van der Waals surface area contributed by atoms with Gasteiger partial charge in [0.1, 0.15) is 0 Å². The molecule has 8 heteroatoms. The smallest absolute Gasteiger partial charge is 0.307 e. The quantitative estimate of drug-likeness (QED) is 0.531. The third kappa shape index (κ3) is 3.55. The van der Waals surface area contributed by atoms with Crippen LogP contribution in [0.25, 0.3) is 0 Å². The number of anilines is 2. The van der Waals surface area contributed by atoms with Gasteiger partial charge in [0.25, 0.3) is 0 Å². The summed E-state index contributed by atoms with van der Waals surface area (Å²) in [6.45, 7) is 0. The predicted molar refractivity (Wildman–Crippen MR) is 127 cm³/mol. The lowest BCUT2D eigenvalue weighted by Crippen LogP contribution is -2.31. The molecule has 0 heterocycles. The zero-order valence-electron chi connectivity index (χ0n) is 18.1. The van der Waals surface area contributed by atoms with E-state index in [-0.39, 0.29) is 12.1 Å². The summed E-state index contributed by atoms with van der Waals surface area (Å²) in [5.41, 5.74) is 9.00. The maximum atomic E-state index is 12.3. The molecule has 0 spiro atoms. The second-order valence-corrected chi connectivity index (χ2v) is 9.42. The molecular weight excluding hydrogens is 416 g/mol. The Morgan fingerprint density at radius 2 is 1.06 bits per heavy atom. The molecule has 0 aromatic heterocycles. The summed E-state index contributed by atoms with van der Waals surface area (Å²) < 4.78 is 0. The predicted octanol–water partition coefficient (Wildman–Crippen LogP) is 4.26. The van der Waals surface area contributed by atoms with Gasteiger partial charge in [0.2, 0.25) is 0 Å². The van der Waals surface area contributed by atoms with E-state index in [0.29, 0.717) is 35.5 Å². The molecule has 4 saturated carbocycles. The Bertz CT molecular complexity index is 1040. The van der Waals surface area contributed by atoms with Gasteiger partial charge in [0.05, 0.1) is 0 Å². The van der Waals surface area contributed by atoms with Crippen molar-refractivity contribution in [3.63, 3.8) is 0 Å². The molecule has 4 N–H and O–H groups in total. The molecule has 0 radical (unpaired) electrons. The van der Waals surface area contributed by atoms with Crippen molar-refractivity contribution < 1.29 is 9.59 Å². The summed E-state index contributed by atoms with van der Waals surface area (Å²) in [5, 5.41) is 14.7. The SMILES string of the molecule is O=C(N/N=C1\CC2C3C/C(=N\NC(=O)Nc4ccccc4)C4C3CC2C14)Nc1ccccc1. The number of rotatable bonds is 4. The summed E-state index contributed by atoms with van der Waals surface area (Å²) in [6.07, 6.45) is 3.11. The minimum absolute atomic E-state index is 0.313. The van der Waals surface area contributed by atoms with Crippen molar-refractivity contribution in [2.45, 2.75) is 19.3 Å². The van der Waals surface area contributed by atoms with Crippen molar-refractivity contribution in [3.8, 4) is 0 Å². The van der Waals surface area contributed by atoms with E-state index >= 15 is 0 Å². The average Bonchev–Trinajstić information content (AvgIpc) is 3.49. The normalized spacial score (nSPS) is 32.8. The molecule has 168 valence electrons. The summed E-state index contributed by atoms with van der Waals surface area (Å²) in [7, 11) is 0. The van der Waals surface area contributed by atoms with E-state index in [1.807, 2.05) is 60.7 Å². The number of benzene rings is 2. The Kier molecular flexibility index (Phi) is 4.86. The molecule has 2 aromatic carbocycles. The van der Waals surface area contributed by atoms with Gasteiger partial charge >= 0.3 is 12.1 Å². The number of urea groups is 2. The lowest BCUT2D eigenvalue weighted by Gasteiger charge is -2.24. The third-order valence-corrected chi connectivity index (χ3v) is 7.83. The van der Waals surface area contributed by atoms with Crippen LogP contribution in [0.4, 0.5) is 21.0 Å². The van der Waals surface area contributed by atoms with E-state index in [1.54, 1.807) is 0 Å². The fourth-order valence-electron chi connectivity index (χ4n) is 6.77. The number of fused-ring (bicyclic) bond motifs is 2. The van der Waals surface area contributed by atoms with E-state index in [9.17, 15) is 9.59 Å². The Hall–Kier alpha value is -3.68. The second-order valence-electron chi connectivity index (χ2n) is 9.42. The number of carbonyl (C=O) groups is 2. The summed E-state index contributed by atoms with van der Waals surface area (Å²) >= 11 is 0. The van der Waals surface area contributed by atoms with Crippen molar-refractivity contribution in [1.29, 1.82) is 0 Å². The fraction of sp³-hybridized carbons (Fsp3) is 0.360. The molecule has 6 rings (SSSR count). The largest absolute Gasteiger partial charge is 0.339 e. The zero-order valence-corrected chi connectivity index (χ0v) is 18.1. The van der Waals surface area contributed by atoms with Crippen LogP contribution in [0.1, 0.15) is 19.3 Å². The first-order valence-corrected chi connectivity index (χ1v) is 11.5. The Morgan fingerprint density at radius 3 is 1.48 bits per heavy atom. The van der Waals surface area contributed by atoms with Gasteiger partial charge in [-0.1, -0.05) is 36.4 Å². The molecule has 4 fully saturated rings. The molecule has 0 saturated heterocycles. The van der Waals surface area contributed by atoms with Crippen LogP contribution in [0.3, 0.4) is 0 Å². The van der Waals surface area contributed by atoms with Crippen LogP contribution in [-0.4, -0.2) is 23.5 Å². The molecule has 2 aromatic rings. The van der Waals surface area contributed by atoms with Crippen LogP contribution in [0.15, 0.2) is 70.9 Å². The number of nitrogens with one attached hydrogen (secondary N) is 4. The fourth-order valence-corrected chi connectivity index (χ4v) is 6.77. The number of para-hydroxylation sites is 2. The standard InChI is InChI=1S/C25H26N6O2/c32-24(26-14-7-3-1-4-8-14)30-28-20-12-16-17-13-21(23-19(17)11-18(16)22(20)23)29-31-25(33)27-15-9-5-2-6-10-15/h1-10,16-19,22-23H,11-13H2,(H2,26,30,32)(H2,27,31,33)/b28-20+,29-21+. The van der Waals surface area contributed by atoms with Gasteiger partial charge in [-0.15, -0.1) is 0 Å². The van der Waals surface area contributed by atoms with E-state index in [1.165, 1.54) is 6.42 Å². The highest BCUT2D eigenvalue weighted by molar-refractivity contribution is 6.02. The van der Waals surface area contributed by atoms with Gasteiger partial charge in [0.15, 0.2) is 0 Å². The van der Waals surface area contributed by atoms with Gasteiger partial charge in [-0.25, -0.2) is 20.4 Å². The summed E-state index contributed by atoms with van der Waals surface area (Å²) in [5.74, 6) is 3.09. The van der Waals surface area contributed by atoms with Crippen molar-refractivity contribution in [2.24, 2.45) is 45.7 Å². The van der Waals surface area contributed by atoms with Gasteiger partial charge < -0.3 is 10.6 Å². The molecule has 4 aliphatic rings. The molecule has 4 amide bonds. The van der Waals surface area contributed by atoms with Crippen molar-refractivity contribution in [3.05, 3.63) is 60.7 Å². The minimum atomic E-state index is -0.333. The van der Waals surface area contributed by atoms with Gasteiger partial charge in [-0.3, -0.25) is 0 Å². The van der Waals surface area contributed by atoms with Gasteiger partial charge in [0, 0.05) is 34.6 Å². The lowest BCUT2D eigenvalue weighted by atomic mass is 9.79. The zero-order chi connectivity index (χ0) is 22.4. The van der Waals surface area contributed by atoms with Crippen LogP contribution in [-0.2, 0) is 0 Å². The monoisotopic (exact) mass is 442 g/mol. The maximum Gasteiger partial charge on any atom is 0.339 e. The van der Waals surface area contributed by atoms with Crippen LogP contribution in [0, 0.1) is 35.5 Å². The molecule has 6 atom stereocenters. The van der Waals surface area contributed by atoms with E-state index in [4.69, 9.17) is 0 Å².